The summed E-state index contributed by atoms with van der Waals surface area (Å²) in [5, 5.41) is 5.75. The Bertz CT molecular complexity index is 1960. The standard InChI is InChI=1S/C38H38ClN5O4/c1-3-33(41-38(46)48-24-31-29-11-6-4-9-27(29)28-10-5-7-12-30(28)31)36-40-34-14-8-13-32(39)35(34)37(45)44(36)43-21-19-42(20-22-43)23-25-15-17-26(47-2)18-16-25/h4-18,31,33H,3,19-24H2,1-2H3,(H,41,46)/t33-/m0/s1. The van der Waals surface area contributed by atoms with Gasteiger partial charge in [0.1, 0.15) is 12.4 Å². The van der Waals surface area contributed by atoms with Gasteiger partial charge >= 0.3 is 6.09 Å². The number of ether oxygens (including phenoxy) is 2. The van der Waals surface area contributed by atoms with Crippen LogP contribution < -0.4 is 20.6 Å². The molecule has 10 heteroatoms. The molecule has 1 saturated heterocycles. The maximum Gasteiger partial charge on any atom is 0.407 e. The van der Waals surface area contributed by atoms with Crippen molar-refractivity contribution in [3.63, 3.8) is 0 Å². The van der Waals surface area contributed by atoms with Crippen LogP contribution in [0.3, 0.4) is 0 Å². The van der Waals surface area contributed by atoms with Gasteiger partial charge in [0.15, 0.2) is 5.82 Å². The maximum absolute atomic E-state index is 14.2. The first-order valence-corrected chi connectivity index (χ1v) is 16.8. The molecule has 246 valence electrons. The van der Waals surface area contributed by atoms with Crippen molar-refractivity contribution >= 4 is 28.6 Å². The Hall–Kier alpha value is -4.86. The zero-order valence-electron chi connectivity index (χ0n) is 27.1. The monoisotopic (exact) mass is 663 g/mol. The number of halogens is 1. The molecular formula is C38H38ClN5O4. The number of hydrogen-bond acceptors (Lipinski definition) is 7. The number of fused-ring (bicyclic) bond motifs is 4. The van der Waals surface area contributed by atoms with Gasteiger partial charge in [0.2, 0.25) is 0 Å². The number of nitrogens with one attached hydrogen (secondary N) is 1. The zero-order valence-corrected chi connectivity index (χ0v) is 27.8. The van der Waals surface area contributed by atoms with Crippen LogP contribution in [-0.4, -0.2) is 60.5 Å². The number of hydrogen-bond donors (Lipinski definition) is 1. The smallest absolute Gasteiger partial charge is 0.407 e. The van der Waals surface area contributed by atoms with Crippen LogP contribution in [0.4, 0.5) is 4.79 Å². The van der Waals surface area contributed by atoms with Crippen molar-refractivity contribution in [1.82, 2.24) is 19.9 Å². The third-order valence-electron chi connectivity index (χ3n) is 9.40. The van der Waals surface area contributed by atoms with Crippen molar-refractivity contribution in [3.05, 3.63) is 129 Å². The lowest BCUT2D eigenvalue weighted by Crippen LogP contribution is -2.55. The molecule has 1 N–H and O–H groups in total. The zero-order chi connectivity index (χ0) is 33.2. The molecule has 1 aliphatic heterocycles. The van der Waals surface area contributed by atoms with Gasteiger partial charge in [-0.1, -0.05) is 85.3 Å². The Morgan fingerprint density at radius 2 is 1.58 bits per heavy atom. The van der Waals surface area contributed by atoms with Crippen molar-refractivity contribution in [1.29, 1.82) is 0 Å². The molecule has 2 heterocycles. The van der Waals surface area contributed by atoms with Crippen LogP contribution in [0.15, 0.2) is 95.8 Å². The Morgan fingerprint density at radius 1 is 0.917 bits per heavy atom. The Balaban J connectivity index is 1.11. The minimum atomic E-state index is -0.575. The molecule has 0 spiro atoms. The van der Waals surface area contributed by atoms with E-state index in [0.717, 1.165) is 36.5 Å². The van der Waals surface area contributed by atoms with E-state index in [1.165, 1.54) is 16.7 Å². The molecule has 1 aliphatic carbocycles. The number of aromatic nitrogens is 2. The van der Waals surface area contributed by atoms with E-state index in [9.17, 15) is 9.59 Å². The molecule has 7 rings (SSSR count). The molecule has 0 radical (unpaired) electrons. The van der Waals surface area contributed by atoms with Gasteiger partial charge in [-0.15, -0.1) is 0 Å². The molecule has 1 amide bonds. The third-order valence-corrected chi connectivity index (χ3v) is 9.72. The molecule has 2 aliphatic rings. The van der Waals surface area contributed by atoms with E-state index in [2.05, 4.69) is 46.6 Å². The summed E-state index contributed by atoms with van der Waals surface area (Å²) in [6.07, 6.45) is -0.0554. The first kappa shape index (κ1) is 31.7. The lowest BCUT2D eigenvalue weighted by molar-refractivity contribution is 0.137. The lowest BCUT2D eigenvalue weighted by Gasteiger charge is -2.38. The minimum Gasteiger partial charge on any atom is -0.497 e. The van der Waals surface area contributed by atoms with Crippen LogP contribution >= 0.6 is 11.6 Å². The van der Waals surface area contributed by atoms with Gasteiger partial charge in [-0.05, 0) is 58.5 Å². The van der Waals surface area contributed by atoms with E-state index in [1.807, 2.05) is 48.3 Å². The fraction of sp³-hybridized carbons (Fsp3) is 0.289. The average Bonchev–Trinajstić information content (AvgIpc) is 3.44. The molecule has 0 unspecified atom stereocenters. The van der Waals surface area contributed by atoms with E-state index in [4.69, 9.17) is 26.1 Å². The number of nitrogens with zero attached hydrogens (tertiary/aromatic N) is 4. The average molecular weight is 664 g/mol. The number of piperazine rings is 1. The van der Waals surface area contributed by atoms with E-state index >= 15 is 0 Å². The van der Waals surface area contributed by atoms with Gasteiger partial charge in [-0.3, -0.25) is 9.69 Å². The fourth-order valence-corrected chi connectivity index (χ4v) is 7.16. The first-order chi connectivity index (χ1) is 23.4. The predicted octanol–water partition coefficient (Wildman–Crippen LogP) is 6.50. The Kier molecular flexibility index (Phi) is 9.06. The van der Waals surface area contributed by atoms with Crippen molar-refractivity contribution in [2.45, 2.75) is 31.8 Å². The predicted molar refractivity (Wildman–Crippen MR) is 188 cm³/mol. The number of carbonyl (C=O) groups is 1. The number of carbonyl (C=O) groups excluding carboxylic acids is 1. The van der Waals surface area contributed by atoms with Crippen LogP contribution in [0, 0.1) is 0 Å². The number of rotatable bonds is 9. The van der Waals surface area contributed by atoms with Crippen molar-refractivity contribution in [2.75, 3.05) is 44.9 Å². The Morgan fingerprint density at radius 3 is 2.23 bits per heavy atom. The van der Waals surface area contributed by atoms with Gasteiger partial charge in [-0.25, -0.2) is 14.5 Å². The van der Waals surface area contributed by atoms with Crippen molar-refractivity contribution in [3.8, 4) is 16.9 Å². The van der Waals surface area contributed by atoms with E-state index in [-0.39, 0.29) is 18.1 Å². The first-order valence-electron chi connectivity index (χ1n) is 16.4. The number of alkyl carbamates (subject to hydrolysis) is 1. The van der Waals surface area contributed by atoms with Gasteiger partial charge in [-0.2, -0.15) is 0 Å². The summed E-state index contributed by atoms with van der Waals surface area (Å²) in [6.45, 7) is 5.64. The van der Waals surface area contributed by atoms with Gasteiger partial charge in [0.05, 0.1) is 29.1 Å². The number of amides is 1. The van der Waals surface area contributed by atoms with Crippen LogP contribution in [0.1, 0.15) is 47.8 Å². The molecule has 1 aromatic heterocycles. The quantitative estimate of drug-likeness (QED) is 0.193. The highest BCUT2D eigenvalue weighted by molar-refractivity contribution is 6.35. The summed E-state index contributed by atoms with van der Waals surface area (Å²) >= 11 is 6.55. The second-order valence-corrected chi connectivity index (χ2v) is 12.6. The van der Waals surface area contributed by atoms with Gasteiger partial charge in [0, 0.05) is 38.6 Å². The molecule has 4 aromatic carbocycles. The van der Waals surface area contributed by atoms with E-state index < -0.39 is 12.1 Å². The largest absolute Gasteiger partial charge is 0.497 e. The minimum absolute atomic E-state index is 0.0587. The molecule has 9 nitrogen and oxygen atoms in total. The normalized spacial score (nSPS) is 15.2. The fourth-order valence-electron chi connectivity index (χ4n) is 6.91. The summed E-state index contributed by atoms with van der Waals surface area (Å²) in [5.74, 6) is 1.22. The SMILES string of the molecule is CC[C@H](NC(=O)OCC1c2ccccc2-c2ccccc21)c1nc2cccc(Cl)c2c(=O)n1N1CCN(Cc2ccc(OC)cc2)CC1. The van der Waals surface area contributed by atoms with Crippen LogP contribution in [0.25, 0.3) is 22.0 Å². The highest BCUT2D eigenvalue weighted by atomic mass is 35.5. The third kappa shape index (κ3) is 6.11. The lowest BCUT2D eigenvalue weighted by atomic mass is 9.98. The highest BCUT2D eigenvalue weighted by Gasteiger charge is 2.31. The summed E-state index contributed by atoms with van der Waals surface area (Å²) in [7, 11) is 1.66. The summed E-state index contributed by atoms with van der Waals surface area (Å²) in [4.78, 5) is 34.9. The van der Waals surface area contributed by atoms with Crippen LogP contribution in [0.2, 0.25) is 5.02 Å². The number of benzene rings is 4. The summed E-state index contributed by atoms with van der Waals surface area (Å²) in [5.41, 5.74) is 6.06. The maximum atomic E-state index is 14.2. The summed E-state index contributed by atoms with van der Waals surface area (Å²) < 4.78 is 12.8. The molecule has 5 aromatic rings. The van der Waals surface area contributed by atoms with E-state index in [0.29, 0.717) is 41.3 Å². The molecule has 0 bridgehead atoms. The van der Waals surface area contributed by atoms with Crippen LogP contribution in [0.5, 0.6) is 5.75 Å². The topological polar surface area (TPSA) is 88.9 Å². The second-order valence-electron chi connectivity index (χ2n) is 12.2. The number of methoxy groups -OCH3 is 1. The second kappa shape index (κ2) is 13.7. The summed E-state index contributed by atoms with van der Waals surface area (Å²) in [6, 6.07) is 29.3. The van der Waals surface area contributed by atoms with Crippen molar-refractivity contribution < 1.29 is 14.3 Å². The molecule has 0 saturated carbocycles. The molecule has 48 heavy (non-hydrogen) atoms. The molecule has 1 atom stereocenters. The van der Waals surface area contributed by atoms with Gasteiger partial charge < -0.3 is 19.8 Å². The van der Waals surface area contributed by atoms with Crippen molar-refractivity contribution in [2.24, 2.45) is 0 Å². The molecular weight excluding hydrogens is 626 g/mol. The van der Waals surface area contributed by atoms with Crippen LogP contribution in [-0.2, 0) is 11.3 Å². The molecule has 1 fully saturated rings. The highest BCUT2D eigenvalue weighted by Crippen LogP contribution is 2.44. The Labute approximate surface area is 284 Å². The van der Waals surface area contributed by atoms with E-state index in [1.54, 1.807) is 30.0 Å². The van der Waals surface area contributed by atoms with Gasteiger partial charge in [0.25, 0.3) is 5.56 Å².